The number of hydrogen-bond acceptors (Lipinski definition) is 6. The number of amides is 1. The normalized spacial score (nSPS) is 10.8. The van der Waals surface area contributed by atoms with Crippen LogP contribution in [0.3, 0.4) is 0 Å². The van der Waals surface area contributed by atoms with Crippen molar-refractivity contribution >= 4 is 52.1 Å². The second-order valence-corrected chi connectivity index (χ2v) is 7.63. The third-order valence-electron chi connectivity index (χ3n) is 3.94. The maximum absolute atomic E-state index is 12.5. The molecule has 0 spiro atoms. The van der Waals surface area contributed by atoms with Gasteiger partial charge in [-0.1, -0.05) is 34.8 Å². The number of carbonyl (C=O) groups is 1. The van der Waals surface area contributed by atoms with Crippen LogP contribution in [-0.4, -0.2) is 23.9 Å². The van der Waals surface area contributed by atoms with E-state index in [1.165, 1.54) is 30.3 Å². The van der Waals surface area contributed by atoms with Crippen LogP contribution >= 0.6 is 34.8 Å². The SMILES string of the molecule is O=C(Nc1cc(OCC(F)F)cc([N+](=O)[O-])c1)c1ccc(COc2c(Cl)cc(Cl)cc2Cl)o1. The Balaban J connectivity index is 1.70. The van der Waals surface area contributed by atoms with Gasteiger partial charge in [0.15, 0.2) is 11.5 Å². The van der Waals surface area contributed by atoms with E-state index in [0.717, 1.165) is 12.1 Å². The summed E-state index contributed by atoms with van der Waals surface area (Å²) >= 11 is 17.9. The van der Waals surface area contributed by atoms with E-state index in [1.807, 2.05) is 0 Å². The van der Waals surface area contributed by atoms with Gasteiger partial charge in [0.2, 0.25) is 0 Å². The number of non-ortho nitro benzene ring substituents is 1. The number of carbonyl (C=O) groups excluding carboxylic acids is 1. The van der Waals surface area contributed by atoms with E-state index in [0.29, 0.717) is 5.02 Å². The van der Waals surface area contributed by atoms with E-state index in [2.05, 4.69) is 5.32 Å². The standard InChI is InChI=1S/C20H13Cl3F2N2O6/c21-10-3-15(22)19(16(23)4-10)32-8-13-1-2-17(33-13)20(28)26-11-5-12(27(29)30)7-14(6-11)31-9-18(24)25/h1-7,18H,8-9H2,(H,26,28). The number of halogens is 5. The maximum Gasteiger partial charge on any atom is 0.291 e. The zero-order chi connectivity index (χ0) is 24.1. The van der Waals surface area contributed by atoms with Gasteiger partial charge in [-0.25, -0.2) is 8.78 Å². The van der Waals surface area contributed by atoms with Crippen LogP contribution in [-0.2, 0) is 6.61 Å². The third kappa shape index (κ3) is 6.70. The summed E-state index contributed by atoms with van der Waals surface area (Å²) in [5.74, 6) is -0.655. The fourth-order valence-electron chi connectivity index (χ4n) is 2.58. The van der Waals surface area contributed by atoms with Crippen LogP contribution < -0.4 is 14.8 Å². The summed E-state index contributed by atoms with van der Waals surface area (Å²) in [5, 5.41) is 14.2. The van der Waals surface area contributed by atoms with Crippen molar-refractivity contribution in [3.8, 4) is 11.5 Å². The molecule has 1 amide bonds. The highest BCUT2D eigenvalue weighted by Crippen LogP contribution is 2.36. The summed E-state index contributed by atoms with van der Waals surface area (Å²) in [4.78, 5) is 22.8. The van der Waals surface area contributed by atoms with E-state index < -0.39 is 29.6 Å². The molecular formula is C20H13Cl3F2N2O6. The highest BCUT2D eigenvalue weighted by Gasteiger charge is 2.17. The van der Waals surface area contributed by atoms with Crippen molar-refractivity contribution in [3.05, 3.63) is 79.2 Å². The first-order chi connectivity index (χ1) is 15.6. The number of rotatable bonds is 9. The first-order valence-electron chi connectivity index (χ1n) is 9.00. The van der Waals surface area contributed by atoms with E-state index in [1.54, 1.807) is 0 Å². The van der Waals surface area contributed by atoms with Crippen LogP contribution in [0, 0.1) is 10.1 Å². The zero-order valence-electron chi connectivity index (χ0n) is 16.3. The Morgan fingerprint density at radius 3 is 2.42 bits per heavy atom. The molecule has 1 aromatic heterocycles. The summed E-state index contributed by atoms with van der Waals surface area (Å²) in [5.41, 5.74) is -0.505. The molecule has 2 aromatic carbocycles. The minimum atomic E-state index is -2.77. The molecule has 1 N–H and O–H groups in total. The van der Waals surface area contributed by atoms with Crippen LogP contribution in [0.25, 0.3) is 0 Å². The molecule has 0 bridgehead atoms. The predicted octanol–water partition coefficient (Wildman–Crippen LogP) is 6.62. The average Bonchev–Trinajstić information content (AvgIpc) is 3.20. The number of alkyl halides is 2. The molecule has 3 rings (SSSR count). The number of nitro groups is 1. The fraction of sp³-hybridized carbons (Fsp3) is 0.150. The van der Waals surface area contributed by atoms with Crippen LogP contribution in [0.5, 0.6) is 11.5 Å². The molecule has 174 valence electrons. The molecule has 8 nitrogen and oxygen atoms in total. The summed E-state index contributed by atoms with van der Waals surface area (Å²) in [6, 6.07) is 8.90. The predicted molar refractivity (Wildman–Crippen MR) is 117 cm³/mol. The second kappa shape index (κ2) is 10.7. The Kier molecular flexibility index (Phi) is 7.96. The topological polar surface area (TPSA) is 104 Å². The number of anilines is 1. The fourth-order valence-corrected chi connectivity index (χ4v) is 3.51. The van der Waals surface area contributed by atoms with Gasteiger partial charge in [-0.3, -0.25) is 14.9 Å². The highest BCUT2D eigenvalue weighted by molar-refractivity contribution is 6.40. The number of hydrogen-bond donors (Lipinski definition) is 1. The lowest BCUT2D eigenvalue weighted by Crippen LogP contribution is -2.12. The van der Waals surface area contributed by atoms with Gasteiger partial charge < -0.3 is 19.2 Å². The average molecular weight is 522 g/mol. The first-order valence-corrected chi connectivity index (χ1v) is 10.1. The third-order valence-corrected chi connectivity index (χ3v) is 4.72. The van der Waals surface area contributed by atoms with Gasteiger partial charge in [0.05, 0.1) is 26.7 Å². The van der Waals surface area contributed by atoms with Crippen molar-refractivity contribution in [2.45, 2.75) is 13.0 Å². The lowest BCUT2D eigenvalue weighted by molar-refractivity contribution is -0.384. The summed E-state index contributed by atoms with van der Waals surface area (Å²) in [6.07, 6.45) is -2.77. The molecule has 0 unspecified atom stereocenters. The smallest absolute Gasteiger partial charge is 0.291 e. The van der Waals surface area contributed by atoms with Crippen molar-refractivity contribution in [1.82, 2.24) is 0 Å². The van der Waals surface area contributed by atoms with Gasteiger partial charge in [0, 0.05) is 17.2 Å². The van der Waals surface area contributed by atoms with Gasteiger partial charge >= 0.3 is 0 Å². The molecule has 0 aliphatic heterocycles. The van der Waals surface area contributed by atoms with Crippen molar-refractivity contribution < 1.29 is 32.4 Å². The molecule has 0 atom stereocenters. The van der Waals surface area contributed by atoms with Crippen LogP contribution in [0.15, 0.2) is 46.9 Å². The number of benzene rings is 2. The number of nitro benzene ring substituents is 1. The number of furan rings is 1. The molecule has 0 fully saturated rings. The molecular weight excluding hydrogens is 509 g/mol. The van der Waals surface area contributed by atoms with Crippen molar-refractivity contribution in [1.29, 1.82) is 0 Å². The number of ether oxygens (including phenoxy) is 2. The van der Waals surface area contributed by atoms with E-state index in [-0.39, 0.29) is 45.4 Å². The number of nitrogens with one attached hydrogen (secondary N) is 1. The maximum atomic E-state index is 12.5. The summed E-state index contributed by atoms with van der Waals surface area (Å²) < 4.78 is 40.5. The molecule has 0 saturated carbocycles. The van der Waals surface area contributed by atoms with Crippen molar-refractivity contribution in [2.24, 2.45) is 0 Å². The molecule has 0 radical (unpaired) electrons. The summed E-state index contributed by atoms with van der Waals surface area (Å²) in [7, 11) is 0. The number of nitrogens with zero attached hydrogens (tertiary/aromatic N) is 1. The van der Waals surface area contributed by atoms with Crippen LogP contribution in [0.2, 0.25) is 15.1 Å². The van der Waals surface area contributed by atoms with Gasteiger partial charge in [-0.2, -0.15) is 0 Å². The Labute approximate surface area is 200 Å². The van der Waals surface area contributed by atoms with E-state index >= 15 is 0 Å². The van der Waals surface area contributed by atoms with Crippen molar-refractivity contribution in [3.63, 3.8) is 0 Å². The monoisotopic (exact) mass is 520 g/mol. The van der Waals surface area contributed by atoms with Crippen LogP contribution in [0.4, 0.5) is 20.2 Å². The Hall–Kier alpha value is -3.08. The Bertz CT molecular complexity index is 1170. The lowest BCUT2D eigenvalue weighted by Gasteiger charge is -2.09. The first kappa shape index (κ1) is 24.6. The molecule has 0 aliphatic carbocycles. The van der Waals surface area contributed by atoms with Crippen LogP contribution in [0.1, 0.15) is 16.3 Å². The molecule has 33 heavy (non-hydrogen) atoms. The molecule has 3 aromatic rings. The van der Waals surface area contributed by atoms with E-state index in [9.17, 15) is 23.7 Å². The lowest BCUT2D eigenvalue weighted by atomic mass is 10.2. The Morgan fingerprint density at radius 1 is 1.09 bits per heavy atom. The summed E-state index contributed by atoms with van der Waals surface area (Å²) in [6.45, 7) is -1.07. The molecule has 13 heteroatoms. The second-order valence-electron chi connectivity index (χ2n) is 6.38. The zero-order valence-corrected chi connectivity index (χ0v) is 18.6. The largest absolute Gasteiger partial charge is 0.487 e. The minimum absolute atomic E-state index is 0.0487. The minimum Gasteiger partial charge on any atom is -0.487 e. The van der Waals surface area contributed by atoms with Gasteiger partial charge in [0.1, 0.15) is 24.7 Å². The molecule has 1 heterocycles. The van der Waals surface area contributed by atoms with Gasteiger partial charge in [-0.15, -0.1) is 0 Å². The molecule has 0 saturated heterocycles. The quantitative estimate of drug-likeness (QED) is 0.251. The van der Waals surface area contributed by atoms with Gasteiger partial charge in [0.25, 0.3) is 18.0 Å². The van der Waals surface area contributed by atoms with E-state index in [4.69, 9.17) is 48.7 Å². The van der Waals surface area contributed by atoms with Gasteiger partial charge in [-0.05, 0) is 24.3 Å². The molecule has 0 aliphatic rings. The highest BCUT2D eigenvalue weighted by atomic mass is 35.5. The Morgan fingerprint density at radius 2 is 1.79 bits per heavy atom. The van der Waals surface area contributed by atoms with Crippen molar-refractivity contribution in [2.75, 3.05) is 11.9 Å².